The lowest BCUT2D eigenvalue weighted by Gasteiger charge is -2.03. The molecule has 0 radical (unpaired) electrons. The van der Waals surface area contributed by atoms with Crippen LogP contribution in [0.4, 0.5) is 11.4 Å². The maximum Gasteiger partial charge on any atom is 0.312 e. The Labute approximate surface area is 166 Å². The molecule has 0 aromatic heterocycles. The van der Waals surface area contributed by atoms with Gasteiger partial charge in [0.15, 0.2) is 5.17 Å². The Hall–Kier alpha value is -2.85. The molecule has 0 unspecified atom stereocenters. The zero-order valence-corrected chi connectivity index (χ0v) is 16.2. The van der Waals surface area contributed by atoms with Gasteiger partial charge >= 0.3 is 5.69 Å². The Morgan fingerprint density at radius 3 is 2.81 bits per heavy atom. The second-order valence-corrected chi connectivity index (χ2v) is 7.22. The number of hydrogen-bond donors (Lipinski definition) is 2. The van der Waals surface area contributed by atoms with Crippen LogP contribution >= 0.6 is 27.7 Å². The first-order valence-corrected chi connectivity index (χ1v) is 9.09. The smallest absolute Gasteiger partial charge is 0.312 e. The van der Waals surface area contributed by atoms with Crippen molar-refractivity contribution in [2.24, 2.45) is 4.99 Å². The number of hydrogen-bond acceptors (Lipinski definition) is 7. The van der Waals surface area contributed by atoms with Crippen LogP contribution in [0.15, 0.2) is 50.8 Å². The van der Waals surface area contributed by atoms with Crippen LogP contribution < -0.4 is 10.1 Å². The second kappa shape index (κ2) is 7.80. The number of nitrogens with zero attached hydrogens (tertiary/aromatic N) is 2. The molecule has 27 heavy (non-hydrogen) atoms. The van der Waals surface area contributed by atoms with Crippen LogP contribution in [-0.2, 0) is 4.79 Å². The van der Waals surface area contributed by atoms with Crippen LogP contribution in [0, 0.1) is 10.1 Å². The van der Waals surface area contributed by atoms with Gasteiger partial charge in [-0.2, -0.15) is 0 Å². The largest absolute Gasteiger partial charge is 0.502 e. The van der Waals surface area contributed by atoms with E-state index >= 15 is 0 Å². The number of carbonyl (C=O) groups excluding carboxylic acids is 1. The maximum atomic E-state index is 12.2. The summed E-state index contributed by atoms with van der Waals surface area (Å²) >= 11 is 4.22. The predicted octanol–water partition coefficient (Wildman–Crippen LogP) is 3.96. The number of nitro groups is 1. The van der Waals surface area contributed by atoms with Crippen molar-refractivity contribution in [2.45, 2.75) is 0 Å². The van der Waals surface area contributed by atoms with Crippen molar-refractivity contribution >= 4 is 56.2 Å². The number of ether oxygens (including phenoxy) is 1. The number of amides is 1. The SMILES string of the molecule is COc1ccccc1N=C1NC(=O)/C(=C/c2cc(Br)cc([N+](=O)[O-])c2O)S1. The van der Waals surface area contributed by atoms with Gasteiger partial charge in [0.05, 0.1) is 16.9 Å². The molecule has 2 N–H and O–H groups in total. The Morgan fingerprint density at radius 1 is 1.37 bits per heavy atom. The Morgan fingerprint density at radius 2 is 2.11 bits per heavy atom. The highest BCUT2D eigenvalue weighted by molar-refractivity contribution is 9.10. The van der Waals surface area contributed by atoms with Crippen molar-refractivity contribution < 1.29 is 19.6 Å². The number of nitro benzene ring substituents is 1. The predicted molar refractivity (Wildman–Crippen MR) is 106 cm³/mol. The molecule has 1 heterocycles. The summed E-state index contributed by atoms with van der Waals surface area (Å²) in [4.78, 5) is 27.1. The average Bonchev–Trinajstić information content (AvgIpc) is 2.97. The van der Waals surface area contributed by atoms with Gasteiger partial charge in [-0.05, 0) is 36.0 Å². The highest BCUT2D eigenvalue weighted by Gasteiger charge is 2.26. The standard InChI is InChI=1S/C17H12BrN3O5S/c1-26-13-5-3-2-4-11(13)19-17-20-16(23)14(27-17)7-9-6-10(18)8-12(15(9)22)21(24)25/h2-8,22H,1H3,(H,19,20,23)/b14-7-. The van der Waals surface area contributed by atoms with Crippen LogP contribution in [-0.4, -0.2) is 28.2 Å². The van der Waals surface area contributed by atoms with E-state index in [-0.39, 0.29) is 10.5 Å². The average molecular weight is 450 g/mol. The lowest BCUT2D eigenvalue weighted by atomic mass is 10.1. The number of nitrogens with one attached hydrogen (secondary N) is 1. The maximum absolute atomic E-state index is 12.2. The van der Waals surface area contributed by atoms with Gasteiger partial charge in [-0.1, -0.05) is 28.1 Å². The molecule has 1 aliphatic heterocycles. The number of rotatable bonds is 4. The summed E-state index contributed by atoms with van der Waals surface area (Å²) in [6.07, 6.45) is 1.37. The number of thioether (sulfide) groups is 1. The number of para-hydroxylation sites is 2. The van der Waals surface area contributed by atoms with E-state index in [1.807, 2.05) is 0 Å². The molecule has 8 nitrogen and oxygen atoms in total. The summed E-state index contributed by atoms with van der Waals surface area (Å²) in [6, 6.07) is 9.75. The van der Waals surface area contributed by atoms with E-state index in [0.717, 1.165) is 11.8 Å². The summed E-state index contributed by atoms with van der Waals surface area (Å²) in [5, 5.41) is 24.1. The molecule has 1 amide bonds. The molecule has 1 fully saturated rings. The molecule has 1 aliphatic rings. The number of carbonyl (C=O) groups is 1. The second-order valence-electron chi connectivity index (χ2n) is 5.27. The number of phenolic OH excluding ortho intramolecular Hbond substituents is 1. The van der Waals surface area contributed by atoms with Gasteiger partial charge in [0, 0.05) is 16.1 Å². The molecule has 0 aliphatic carbocycles. The van der Waals surface area contributed by atoms with Crippen molar-refractivity contribution in [2.75, 3.05) is 7.11 Å². The van der Waals surface area contributed by atoms with E-state index in [1.54, 1.807) is 24.3 Å². The van der Waals surface area contributed by atoms with Gasteiger partial charge < -0.3 is 15.2 Å². The molecular weight excluding hydrogens is 438 g/mol. The molecule has 10 heteroatoms. The number of benzene rings is 2. The van der Waals surface area contributed by atoms with Gasteiger partial charge in [-0.25, -0.2) is 4.99 Å². The fourth-order valence-corrected chi connectivity index (χ4v) is 3.60. The van der Waals surface area contributed by atoms with Crippen LogP contribution in [0.5, 0.6) is 11.5 Å². The first-order chi connectivity index (χ1) is 12.9. The number of methoxy groups -OCH3 is 1. The minimum Gasteiger partial charge on any atom is -0.502 e. The third-order valence-corrected chi connectivity index (χ3v) is 4.89. The Kier molecular flexibility index (Phi) is 5.47. The molecule has 138 valence electrons. The third kappa shape index (κ3) is 4.12. The first kappa shape index (κ1) is 18.9. The van der Waals surface area contributed by atoms with Crippen molar-refractivity contribution in [1.29, 1.82) is 0 Å². The van der Waals surface area contributed by atoms with Crippen molar-refractivity contribution in [3.05, 3.63) is 61.5 Å². The number of amidine groups is 1. The lowest BCUT2D eigenvalue weighted by molar-refractivity contribution is -0.385. The van der Waals surface area contributed by atoms with Crippen molar-refractivity contribution in [3.63, 3.8) is 0 Å². The summed E-state index contributed by atoms with van der Waals surface area (Å²) in [6.45, 7) is 0. The summed E-state index contributed by atoms with van der Waals surface area (Å²) in [5.41, 5.74) is 0.236. The molecule has 3 rings (SSSR count). The molecule has 0 saturated carbocycles. The van der Waals surface area contributed by atoms with E-state index in [9.17, 15) is 20.0 Å². The molecule has 0 atom stereocenters. The summed E-state index contributed by atoms with van der Waals surface area (Å²) in [7, 11) is 1.52. The number of halogens is 1. The number of aromatic hydroxyl groups is 1. The van der Waals surface area contributed by atoms with Gasteiger partial charge in [-0.3, -0.25) is 14.9 Å². The minimum atomic E-state index is -0.696. The first-order valence-electron chi connectivity index (χ1n) is 7.48. The molecule has 0 bridgehead atoms. The van der Waals surface area contributed by atoms with Gasteiger partial charge in [0.25, 0.3) is 5.91 Å². The van der Waals surface area contributed by atoms with Crippen LogP contribution in [0.25, 0.3) is 6.08 Å². The van der Waals surface area contributed by atoms with Crippen LogP contribution in [0.3, 0.4) is 0 Å². The number of phenols is 1. The highest BCUT2D eigenvalue weighted by atomic mass is 79.9. The van der Waals surface area contributed by atoms with E-state index in [1.165, 1.54) is 25.3 Å². The normalized spacial score (nSPS) is 16.6. The molecular formula is C17H12BrN3O5S. The van der Waals surface area contributed by atoms with Gasteiger partial charge in [0.1, 0.15) is 11.4 Å². The number of aliphatic imine (C=N–C) groups is 1. The van der Waals surface area contributed by atoms with Crippen LogP contribution in [0.2, 0.25) is 0 Å². The van der Waals surface area contributed by atoms with Crippen molar-refractivity contribution in [3.8, 4) is 11.5 Å². The third-order valence-electron chi connectivity index (χ3n) is 3.53. The molecule has 0 spiro atoms. The summed E-state index contributed by atoms with van der Waals surface area (Å²) < 4.78 is 5.63. The van der Waals surface area contributed by atoms with E-state index in [2.05, 4.69) is 26.2 Å². The quantitative estimate of drug-likeness (QED) is 0.414. The molecule has 1 saturated heterocycles. The highest BCUT2D eigenvalue weighted by Crippen LogP contribution is 2.37. The minimum absolute atomic E-state index is 0.146. The summed E-state index contributed by atoms with van der Waals surface area (Å²) in [5.74, 6) is -0.382. The Balaban J connectivity index is 1.95. The molecule has 2 aromatic carbocycles. The van der Waals surface area contributed by atoms with E-state index in [4.69, 9.17) is 4.74 Å². The zero-order valence-electron chi connectivity index (χ0n) is 13.8. The molecule has 2 aromatic rings. The van der Waals surface area contributed by atoms with Crippen molar-refractivity contribution in [1.82, 2.24) is 5.32 Å². The monoisotopic (exact) mass is 449 g/mol. The van der Waals surface area contributed by atoms with Gasteiger partial charge in [-0.15, -0.1) is 0 Å². The Bertz CT molecular complexity index is 1010. The fourth-order valence-electron chi connectivity index (χ4n) is 2.31. The zero-order chi connectivity index (χ0) is 19.6. The van der Waals surface area contributed by atoms with Crippen LogP contribution in [0.1, 0.15) is 5.56 Å². The topological polar surface area (TPSA) is 114 Å². The fraction of sp³-hybridized carbons (Fsp3) is 0.0588. The lowest BCUT2D eigenvalue weighted by Crippen LogP contribution is -2.19. The van der Waals surface area contributed by atoms with E-state index in [0.29, 0.717) is 21.1 Å². The van der Waals surface area contributed by atoms with E-state index < -0.39 is 22.3 Å². The van der Waals surface area contributed by atoms with Gasteiger partial charge in [0.2, 0.25) is 5.75 Å².